The molecule has 1 aliphatic heterocycles. The zero-order valence-electron chi connectivity index (χ0n) is 22.9. The highest BCUT2D eigenvalue weighted by molar-refractivity contribution is 7.48. The lowest BCUT2D eigenvalue weighted by molar-refractivity contribution is -0.0281. The number of para-hydroxylation sites is 1. The lowest BCUT2D eigenvalue weighted by Gasteiger charge is -2.22. The maximum Gasteiger partial charge on any atom is 0.530 e. The van der Waals surface area contributed by atoms with Crippen molar-refractivity contribution in [2.45, 2.75) is 31.7 Å². The molecule has 2 heterocycles. The molecule has 1 fully saturated rings. The van der Waals surface area contributed by atoms with Gasteiger partial charge in [0.1, 0.15) is 24.3 Å². The van der Waals surface area contributed by atoms with Crippen molar-refractivity contribution in [3.05, 3.63) is 115 Å². The maximum atomic E-state index is 13.8. The van der Waals surface area contributed by atoms with E-state index in [1.165, 1.54) is 16.8 Å². The Morgan fingerprint density at radius 1 is 1.07 bits per heavy atom. The molecule has 0 radical (unpaired) electrons. The summed E-state index contributed by atoms with van der Waals surface area (Å²) in [6.45, 7) is 0.998. The van der Waals surface area contributed by atoms with Gasteiger partial charge in [0.05, 0.1) is 30.4 Å². The van der Waals surface area contributed by atoms with Crippen molar-refractivity contribution in [2.24, 2.45) is 5.11 Å². The number of H-pyrrole nitrogens is 1. The van der Waals surface area contributed by atoms with E-state index in [0.717, 1.165) is 10.8 Å². The van der Waals surface area contributed by atoms with Gasteiger partial charge in [-0.2, -0.15) is 0 Å². The predicted molar refractivity (Wildman–Crippen MR) is 159 cm³/mol. The highest BCUT2D eigenvalue weighted by Crippen LogP contribution is 2.51. The molecule has 5 rings (SSSR count). The number of aryl methyl sites for hydroxylation is 1. The first-order valence-electron chi connectivity index (χ1n) is 13.2. The number of nitrogens with zero attached hydrogens (tertiary/aromatic N) is 4. The van der Waals surface area contributed by atoms with E-state index in [4.69, 9.17) is 40.2 Å². The van der Waals surface area contributed by atoms with E-state index in [-0.39, 0.29) is 37.0 Å². The zero-order chi connectivity index (χ0) is 30.4. The maximum absolute atomic E-state index is 13.8. The van der Waals surface area contributed by atoms with Gasteiger partial charge in [0.15, 0.2) is 0 Å². The van der Waals surface area contributed by atoms with Gasteiger partial charge in [-0.3, -0.25) is 23.4 Å². The normalized spacial score (nSPS) is 19.4. The van der Waals surface area contributed by atoms with Crippen molar-refractivity contribution in [1.82, 2.24) is 9.55 Å². The summed E-state index contributed by atoms with van der Waals surface area (Å²) in [5, 5.41) is 5.85. The van der Waals surface area contributed by atoms with Crippen molar-refractivity contribution < 1.29 is 27.6 Å². The fourth-order valence-electron chi connectivity index (χ4n) is 4.54. The summed E-state index contributed by atoms with van der Waals surface area (Å²) >= 11 is 6.23. The molecule has 13 nitrogen and oxygen atoms in total. The average Bonchev–Trinajstić information content (AvgIpc) is 3.40. The van der Waals surface area contributed by atoms with Gasteiger partial charge in [0.2, 0.25) is 0 Å². The first-order valence-corrected chi connectivity index (χ1v) is 15.1. The molecule has 1 unspecified atom stereocenters. The number of aromatic amines is 1. The van der Waals surface area contributed by atoms with Crippen molar-refractivity contribution in [2.75, 3.05) is 19.8 Å². The first-order chi connectivity index (χ1) is 20.8. The highest BCUT2D eigenvalue weighted by atomic mass is 35.5. The van der Waals surface area contributed by atoms with Gasteiger partial charge in [-0.25, -0.2) is 9.36 Å². The molecule has 1 saturated heterocycles. The summed E-state index contributed by atoms with van der Waals surface area (Å²) in [6.07, 6.45) is -0.365. The minimum Gasteiger partial charge on any atom is -0.491 e. The number of rotatable bonds is 12. The largest absolute Gasteiger partial charge is 0.530 e. The summed E-state index contributed by atoms with van der Waals surface area (Å²) in [6, 6.07) is 19.0. The number of phosphoric ester groups is 1. The van der Waals surface area contributed by atoms with Crippen LogP contribution in [0, 0.1) is 6.92 Å². The molecular weight excluding hydrogens is 601 g/mol. The molecule has 1 aromatic heterocycles. The predicted octanol–water partition coefficient (Wildman–Crippen LogP) is 5.92. The van der Waals surface area contributed by atoms with Crippen molar-refractivity contribution in [3.8, 4) is 11.5 Å². The van der Waals surface area contributed by atoms with E-state index < -0.39 is 37.4 Å². The molecule has 224 valence electrons. The van der Waals surface area contributed by atoms with Gasteiger partial charge >= 0.3 is 13.5 Å². The smallest absolute Gasteiger partial charge is 0.491 e. The number of phosphoric acid groups is 1. The van der Waals surface area contributed by atoms with Crippen LogP contribution in [-0.4, -0.2) is 41.5 Å². The van der Waals surface area contributed by atoms with E-state index in [9.17, 15) is 14.2 Å². The fraction of sp³-hybridized carbons (Fsp3) is 0.286. The third-order valence-electron chi connectivity index (χ3n) is 6.64. The number of nitrogens with one attached hydrogen (secondary N) is 1. The fourth-order valence-corrected chi connectivity index (χ4v) is 5.98. The molecule has 3 aromatic carbocycles. The molecule has 43 heavy (non-hydrogen) atoms. The lowest BCUT2D eigenvalue weighted by Crippen LogP contribution is -2.33. The van der Waals surface area contributed by atoms with Crippen LogP contribution in [0.2, 0.25) is 5.02 Å². The van der Waals surface area contributed by atoms with Crippen molar-refractivity contribution >= 4 is 30.2 Å². The van der Waals surface area contributed by atoms with Gasteiger partial charge in [-0.15, -0.1) is 0 Å². The molecule has 0 aliphatic carbocycles. The van der Waals surface area contributed by atoms with Gasteiger partial charge in [-0.1, -0.05) is 65.2 Å². The number of azide groups is 1. The Morgan fingerprint density at radius 3 is 2.63 bits per heavy atom. The number of benzene rings is 3. The van der Waals surface area contributed by atoms with Crippen LogP contribution in [0.5, 0.6) is 11.5 Å². The van der Waals surface area contributed by atoms with E-state index in [2.05, 4.69) is 15.0 Å². The third kappa shape index (κ3) is 7.29. The van der Waals surface area contributed by atoms with Gasteiger partial charge in [0.25, 0.3) is 5.56 Å². The standard InChI is InChI=1S/C28H27ClN5O8P/c1-18-16-34(28(36)31-27(18)35)26-15-22(32-33-30)25(41-26)17-40-43(37,42-24-11-5-4-10-21(24)29)39-14-13-38-23-12-6-8-19-7-2-3-9-20(19)23/h2-12,16,22,25-26H,13-15,17H2,1H3,(H,31,35,36)/t22-,25+,26+,43?/m0/s1. The summed E-state index contributed by atoms with van der Waals surface area (Å²) in [4.78, 5) is 29.3. The van der Waals surface area contributed by atoms with Crippen molar-refractivity contribution in [1.29, 1.82) is 0 Å². The third-order valence-corrected chi connectivity index (χ3v) is 8.34. The minimum atomic E-state index is -4.35. The first kappa shape index (κ1) is 30.4. The number of aromatic nitrogens is 2. The van der Waals surface area contributed by atoms with Crippen LogP contribution in [0.3, 0.4) is 0 Å². The monoisotopic (exact) mass is 627 g/mol. The average molecular weight is 628 g/mol. The van der Waals surface area contributed by atoms with Crippen LogP contribution in [0.1, 0.15) is 18.2 Å². The van der Waals surface area contributed by atoms with Crippen LogP contribution in [0.15, 0.2) is 87.6 Å². The summed E-state index contributed by atoms with van der Waals surface area (Å²) < 4.78 is 43.8. The summed E-state index contributed by atoms with van der Waals surface area (Å²) in [5.74, 6) is 0.689. The van der Waals surface area contributed by atoms with Gasteiger partial charge in [0, 0.05) is 28.5 Å². The Balaban J connectivity index is 1.30. The molecule has 0 spiro atoms. The number of ether oxygens (including phenoxy) is 2. The van der Waals surface area contributed by atoms with Crippen molar-refractivity contribution in [3.63, 3.8) is 0 Å². The topological polar surface area (TPSA) is 167 Å². The van der Waals surface area contributed by atoms with Crippen LogP contribution in [0.4, 0.5) is 0 Å². The van der Waals surface area contributed by atoms with Gasteiger partial charge in [-0.05, 0) is 36.0 Å². The van der Waals surface area contributed by atoms with Crippen LogP contribution in [-0.2, 0) is 18.3 Å². The quantitative estimate of drug-likeness (QED) is 0.0664. The number of hydrogen-bond donors (Lipinski definition) is 1. The molecule has 4 aromatic rings. The van der Waals surface area contributed by atoms with Crippen LogP contribution in [0.25, 0.3) is 21.2 Å². The Morgan fingerprint density at radius 2 is 1.81 bits per heavy atom. The summed E-state index contributed by atoms with van der Waals surface area (Å²) in [5.41, 5.74) is 8.18. The van der Waals surface area contributed by atoms with Crippen LogP contribution < -0.4 is 20.5 Å². The van der Waals surface area contributed by atoms with E-state index in [0.29, 0.717) is 11.3 Å². The number of halogens is 1. The number of hydrogen-bond acceptors (Lipinski definition) is 9. The Bertz CT molecular complexity index is 1820. The van der Waals surface area contributed by atoms with E-state index in [1.807, 2.05) is 42.5 Å². The van der Waals surface area contributed by atoms with E-state index in [1.54, 1.807) is 25.1 Å². The van der Waals surface area contributed by atoms with E-state index >= 15 is 0 Å². The molecule has 0 amide bonds. The second-order valence-corrected chi connectivity index (χ2v) is 11.5. The Kier molecular flexibility index (Phi) is 9.52. The Hall–Kier alpha value is -4.09. The second-order valence-electron chi connectivity index (χ2n) is 9.54. The molecule has 0 saturated carbocycles. The van der Waals surface area contributed by atoms with Gasteiger partial charge < -0.3 is 14.0 Å². The minimum absolute atomic E-state index is 0.0189. The molecule has 0 bridgehead atoms. The lowest BCUT2D eigenvalue weighted by atomic mass is 10.1. The van der Waals surface area contributed by atoms with Crippen LogP contribution >= 0.6 is 19.4 Å². The highest BCUT2D eigenvalue weighted by Gasteiger charge is 2.39. The Labute approximate surface area is 250 Å². The SMILES string of the molecule is Cc1cn([C@H]2C[C@H](N=[N+]=[N-])[C@@H](COP(=O)(OCCOc3cccc4ccccc34)Oc3ccccc3Cl)O2)c(=O)[nH]c1=O. The molecule has 15 heteroatoms. The summed E-state index contributed by atoms with van der Waals surface area (Å²) in [7, 11) is -4.35. The molecule has 1 N–H and O–H groups in total. The molecule has 1 aliphatic rings. The number of fused-ring (bicyclic) bond motifs is 1. The zero-order valence-corrected chi connectivity index (χ0v) is 24.5. The molecular formula is C28H27ClN5O8P. The second kappa shape index (κ2) is 13.5. The molecule has 4 atom stereocenters.